The van der Waals surface area contributed by atoms with Crippen LogP contribution in [0.15, 0.2) is 42.5 Å². The first-order chi connectivity index (χ1) is 10.7. The maximum absolute atomic E-state index is 6.21. The van der Waals surface area contributed by atoms with Crippen molar-refractivity contribution in [3.63, 3.8) is 0 Å². The average Bonchev–Trinajstić information content (AvgIpc) is 2.95. The lowest BCUT2D eigenvalue weighted by Crippen LogP contribution is -2.32. The summed E-state index contributed by atoms with van der Waals surface area (Å²) in [6, 6.07) is 14.4. The van der Waals surface area contributed by atoms with Gasteiger partial charge in [-0.15, -0.1) is 0 Å². The van der Waals surface area contributed by atoms with E-state index in [2.05, 4.69) is 29.2 Å². The summed E-state index contributed by atoms with van der Waals surface area (Å²) in [5.41, 5.74) is 9.82. The van der Waals surface area contributed by atoms with Crippen molar-refractivity contribution in [3.05, 3.63) is 58.6 Å². The Labute approximate surface area is 136 Å². The lowest BCUT2D eigenvalue weighted by atomic mass is 10.0. The number of hydrogen-bond acceptors (Lipinski definition) is 3. The Hall–Kier alpha value is -1.71. The van der Waals surface area contributed by atoms with Crippen LogP contribution in [-0.2, 0) is 6.42 Å². The van der Waals surface area contributed by atoms with Crippen LogP contribution in [0, 0.1) is 0 Å². The van der Waals surface area contributed by atoms with Crippen molar-refractivity contribution >= 4 is 17.3 Å². The third-order valence-electron chi connectivity index (χ3n) is 4.15. The summed E-state index contributed by atoms with van der Waals surface area (Å²) in [4.78, 5) is 2.36. The van der Waals surface area contributed by atoms with Gasteiger partial charge in [0.1, 0.15) is 5.75 Å². The fraction of sp³-hybridized carbons (Fsp3) is 0.333. The summed E-state index contributed by atoms with van der Waals surface area (Å²) < 4.78 is 5.78. The zero-order valence-corrected chi connectivity index (χ0v) is 13.5. The largest absolute Gasteiger partial charge is 0.494 e. The number of fused-ring (bicyclic) bond motifs is 1. The van der Waals surface area contributed by atoms with E-state index in [1.165, 1.54) is 11.3 Å². The van der Waals surface area contributed by atoms with Crippen LogP contribution in [0.3, 0.4) is 0 Å². The summed E-state index contributed by atoms with van der Waals surface area (Å²) in [5.74, 6) is 0.867. The van der Waals surface area contributed by atoms with Gasteiger partial charge < -0.3 is 15.4 Å². The lowest BCUT2D eigenvalue weighted by molar-refractivity contribution is 0.333. The standard InChI is InChI=1S/C18H21ClN2O/c1-2-22-18-8-7-14(19)11-15(18)17(12-20)21-10-9-13-5-3-4-6-16(13)21/h3-8,11,17H,2,9-10,12,20H2,1H3. The van der Waals surface area contributed by atoms with Gasteiger partial charge in [0.25, 0.3) is 0 Å². The molecule has 0 saturated heterocycles. The maximum atomic E-state index is 6.21. The Morgan fingerprint density at radius 2 is 2.09 bits per heavy atom. The normalized spacial score (nSPS) is 14.8. The molecular formula is C18H21ClN2O. The Bertz CT molecular complexity index is 659. The SMILES string of the molecule is CCOc1ccc(Cl)cc1C(CN)N1CCc2ccccc21. The van der Waals surface area contributed by atoms with Gasteiger partial charge in [-0.2, -0.15) is 0 Å². The highest BCUT2D eigenvalue weighted by molar-refractivity contribution is 6.30. The van der Waals surface area contributed by atoms with Crippen LogP contribution in [0.5, 0.6) is 5.75 Å². The van der Waals surface area contributed by atoms with Crippen molar-refractivity contribution in [2.45, 2.75) is 19.4 Å². The zero-order valence-electron chi connectivity index (χ0n) is 12.8. The second-order valence-electron chi connectivity index (χ2n) is 5.44. The number of anilines is 1. The highest BCUT2D eigenvalue weighted by atomic mass is 35.5. The molecule has 0 aliphatic carbocycles. The van der Waals surface area contributed by atoms with E-state index in [-0.39, 0.29) is 6.04 Å². The van der Waals surface area contributed by atoms with E-state index >= 15 is 0 Å². The summed E-state index contributed by atoms with van der Waals surface area (Å²) >= 11 is 6.21. The first kappa shape index (κ1) is 15.2. The van der Waals surface area contributed by atoms with Gasteiger partial charge in [-0.05, 0) is 43.2 Å². The Morgan fingerprint density at radius 1 is 1.27 bits per heavy atom. The predicted molar refractivity (Wildman–Crippen MR) is 91.9 cm³/mol. The molecule has 1 unspecified atom stereocenters. The second-order valence-corrected chi connectivity index (χ2v) is 5.88. The minimum atomic E-state index is 0.0731. The van der Waals surface area contributed by atoms with E-state index in [9.17, 15) is 0 Å². The molecule has 1 atom stereocenters. The Kier molecular flexibility index (Phi) is 4.55. The van der Waals surface area contributed by atoms with Crippen LogP contribution >= 0.6 is 11.6 Å². The Balaban J connectivity index is 2.00. The maximum Gasteiger partial charge on any atom is 0.124 e. The van der Waals surface area contributed by atoms with Crippen molar-refractivity contribution in [1.29, 1.82) is 0 Å². The van der Waals surface area contributed by atoms with Gasteiger partial charge in [-0.25, -0.2) is 0 Å². The molecule has 0 amide bonds. The predicted octanol–water partition coefficient (Wildman–Crippen LogP) is 3.80. The first-order valence-electron chi connectivity index (χ1n) is 7.71. The molecule has 0 radical (unpaired) electrons. The lowest BCUT2D eigenvalue weighted by Gasteiger charge is -2.31. The number of rotatable bonds is 5. The van der Waals surface area contributed by atoms with Crippen LogP contribution in [0.25, 0.3) is 0 Å². The van der Waals surface area contributed by atoms with E-state index in [1.807, 2.05) is 25.1 Å². The van der Waals surface area contributed by atoms with Gasteiger partial charge >= 0.3 is 0 Å². The van der Waals surface area contributed by atoms with E-state index in [1.54, 1.807) is 0 Å². The highest BCUT2D eigenvalue weighted by Gasteiger charge is 2.28. The van der Waals surface area contributed by atoms with Crippen molar-refractivity contribution in [3.8, 4) is 5.75 Å². The summed E-state index contributed by atoms with van der Waals surface area (Å²) in [6.45, 7) is 4.11. The minimum absolute atomic E-state index is 0.0731. The van der Waals surface area contributed by atoms with Gasteiger partial charge in [-0.3, -0.25) is 0 Å². The van der Waals surface area contributed by atoms with Crippen molar-refractivity contribution < 1.29 is 4.74 Å². The van der Waals surface area contributed by atoms with Crippen LogP contribution in [0.4, 0.5) is 5.69 Å². The summed E-state index contributed by atoms with van der Waals surface area (Å²) in [6.07, 6.45) is 1.05. The van der Waals surface area contributed by atoms with Crippen LogP contribution in [-0.4, -0.2) is 19.7 Å². The molecule has 2 N–H and O–H groups in total. The molecule has 0 aromatic heterocycles. The molecule has 3 rings (SSSR count). The van der Waals surface area contributed by atoms with Crippen molar-refractivity contribution in [2.24, 2.45) is 5.73 Å². The van der Waals surface area contributed by atoms with Crippen LogP contribution in [0.2, 0.25) is 5.02 Å². The van der Waals surface area contributed by atoms with Gasteiger partial charge in [0.15, 0.2) is 0 Å². The molecular weight excluding hydrogens is 296 g/mol. The molecule has 3 nitrogen and oxygen atoms in total. The Morgan fingerprint density at radius 3 is 2.86 bits per heavy atom. The van der Waals surface area contributed by atoms with E-state index in [0.29, 0.717) is 18.2 Å². The molecule has 0 saturated carbocycles. The van der Waals surface area contributed by atoms with Crippen molar-refractivity contribution in [1.82, 2.24) is 0 Å². The molecule has 4 heteroatoms. The molecule has 0 spiro atoms. The molecule has 2 aromatic rings. The molecule has 0 fully saturated rings. The van der Waals surface area contributed by atoms with E-state index < -0.39 is 0 Å². The van der Waals surface area contributed by atoms with Gasteiger partial charge in [0.05, 0.1) is 12.6 Å². The molecule has 116 valence electrons. The van der Waals surface area contributed by atoms with Crippen LogP contribution < -0.4 is 15.4 Å². The minimum Gasteiger partial charge on any atom is -0.494 e. The van der Waals surface area contributed by atoms with Gasteiger partial charge in [0, 0.05) is 29.4 Å². The molecule has 22 heavy (non-hydrogen) atoms. The van der Waals surface area contributed by atoms with Crippen molar-refractivity contribution in [2.75, 3.05) is 24.6 Å². The summed E-state index contributed by atoms with van der Waals surface area (Å²) in [7, 11) is 0. The molecule has 1 aliphatic heterocycles. The fourth-order valence-electron chi connectivity index (χ4n) is 3.18. The molecule has 2 aromatic carbocycles. The molecule has 1 aliphatic rings. The van der Waals surface area contributed by atoms with E-state index in [4.69, 9.17) is 22.1 Å². The summed E-state index contributed by atoms with van der Waals surface area (Å²) in [5, 5.41) is 0.712. The number of nitrogens with zero attached hydrogens (tertiary/aromatic N) is 1. The number of para-hydroxylation sites is 1. The number of hydrogen-bond donors (Lipinski definition) is 1. The zero-order chi connectivity index (χ0) is 15.5. The number of ether oxygens (including phenoxy) is 1. The second kappa shape index (κ2) is 6.59. The molecule has 0 bridgehead atoms. The number of halogens is 1. The van der Waals surface area contributed by atoms with Gasteiger partial charge in [-0.1, -0.05) is 29.8 Å². The highest BCUT2D eigenvalue weighted by Crippen LogP contribution is 2.38. The first-order valence-corrected chi connectivity index (χ1v) is 8.09. The fourth-order valence-corrected chi connectivity index (χ4v) is 3.36. The van der Waals surface area contributed by atoms with E-state index in [0.717, 1.165) is 24.3 Å². The molecule has 1 heterocycles. The number of nitrogens with two attached hydrogens (primary N) is 1. The monoisotopic (exact) mass is 316 g/mol. The topological polar surface area (TPSA) is 38.5 Å². The average molecular weight is 317 g/mol. The third kappa shape index (κ3) is 2.79. The van der Waals surface area contributed by atoms with Crippen LogP contribution in [0.1, 0.15) is 24.1 Å². The third-order valence-corrected chi connectivity index (χ3v) is 4.39. The number of benzene rings is 2. The smallest absolute Gasteiger partial charge is 0.124 e. The van der Waals surface area contributed by atoms with Gasteiger partial charge in [0.2, 0.25) is 0 Å². The quantitative estimate of drug-likeness (QED) is 0.911.